The van der Waals surface area contributed by atoms with Crippen molar-refractivity contribution in [1.29, 1.82) is 0 Å². The Morgan fingerprint density at radius 3 is 2.94 bits per heavy atom. The molecule has 1 aromatic heterocycles. The average molecular weight is 223 g/mol. The number of morpholine rings is 1. The van der Waals surface area contributed by atoms with Crippen molar-refractivity contribution in [3.05, 3.63) is 17.5 Å². The molecule has 5 heteroatoms. The molecule has 5 nitrogen and oxygen atoms in total. The Labute approximate surface area is 95.0 Å². The van der Waals surface area contributed by atoms with E-state index in [0.29, 0.717) is 5.56 Å². The van der Waals surface area contributed by atoms with Gasteiger partial charge in [0.15, 0.2) is 6.29 Å². The van der Waals surface area contributed by atoms with Crippen LogP contribution in [0.15, 0.2) is 6.20 Å². The molecule has 1 aromatic rings. The van der Waals surface area contributed by atoms with E-state index in [9.17, 15) is 4.79 Å². The summed E-state index contributed by atoms with van der Waals surface area (Å²) in [5.41, 5.74) is 1.60. The van der Waals surface area contributed by atoms with Gasteiger partial charge in [-0.2, -0.15) is 5.10 Å². The fraction of sp³-hybridized carbons (Fsp3) is 0.636. The van der Waals surface area contributed by atoms with Crippen molar-refractivity contribution in [3.8, 4) is 0 Å². The molecule has 0 atom stereocenters. The Hall–Kier alpha value is -1.20. The third-order valence-corrected chi connectivity index (χ3v) is 2.83. The van der Waals surface area contributed by atoms with Gasteiger partial charge in [0.05, 0.1) is 24.5 Å². The topological polar surface area (TPSA) is 47.4 Å². The third-order valence-electron chi connectivity index (χ3n) is 2.83. The first-order valence-corrected chi connectivity index (χ1v) is 5.57. The van der Waals surface area contributed by atoms with E-state index in [-0.39, 0.29) is 0 Å². The van der Waals surface area contributed by atoms with Crippen LogP contribution in [0, 0.1) is 0 Å². The summed E-state index contributed by atoms with van der Waals surface area (Å²) in [4.78, 5) is 13.1. The van der Waals surface area contributed by atoms with Crippen LogP contribution in [0.3, 0.4) is 0 Å². The van der Waals surface area contributed by atoms with E-state index in [1.165, 1.54) is 0 Å². The summed E-state index contributed by atoms with van der Waals surface area (Å²) < 4.78 is 6.98. The summed E-state index contributed by atoms with van der Waals surface area (Å²) in [6, 6.07) is 0. The molecule has 0 aliphatic carbocycles. The first kappa shape index (κ1) is 11.3. The highest BCUT2D eigenvalue weighted by Crippen LogP contribution is 2.06. The van der Waals surface area contributed by atoms with Crippen molar-refractivity contribution in [3.63, 3.8) is 0 Å². The second-order valence-corrected chi connectivity index (χ2v) is 4.03. The van der Waals surface area contributed by atoms with Crippen LogP contribution in [-0.2, 0) is 18.2 Å². The van der Waals surface area contributed by atoms with Gasteiger partial charge in [0, 0.05) is 39.3 Å². The fourth-order valence-electron chi connectivity index (χ4n) is 1.93. The highest BCUT2D eigenvalue weighted by molar-refractivity contribution is 5.75. The molecule has 0 radical (unpaired) electrons. The van der Waals surface area contributed by atoms with Crippen LogP contribution in [-0.4, -0.2) is 53.8 Å². The summed E-state index contributed by atoms with van der Waals surface area (Å²) in [6.07, 6.45) is 3.47. The van der Waals surface area contributed by atoms with E-state index in [1.807, 2.05) is 7.05 Å². The number of ether oxygens (including phenoxy) is 1. The molecule has 0 spiro atoms. The van der Waals surface area contributed by atoms with E-state index in [2.05, 4.69) is 10.00 Å². The molecule has 2 rings (SSSR count). The highest BCUT2D eigenvalue weighted by atomic mass is 16.5. The van der Waals surface area contributed by atoms with Crippen LogP contribution in [0.1, 0.15) is 16.1 Å². The quantitative estimate of drug-likeness (QED) is 0.680. The minimum atomic E-state index is 0.704. The van der Waals surface area contributed by atoms with Gasteiger partial charge in [0.1, 0.15) is 0 Å². The molecule has 0 aromatic carbocycles. The van der Waals surface area contributed by atoms with Crippen LogP contribution >= 0.6 is 0 Å². The summed E-state index contributed by atoms with van der Waals surface area (Å²) in [5.74, 6) is 0. The Morgan fingerprint density at radius 2 is 2.25 bits per heavy atom. The predicted molar refractivity (Wildman–Crippen MR) is 59.6 cm³/mol. The van der Waals surface area contributed by atoms with Crippen LogP contribution in [0.4, 0.5) is 0 Å². The molecule has 16 heavy (non-hydrogen) atoms. The summed E-state index contributed by atoms with van der Waals surface area (Å²) >= 11 is 0. The smallest absolute Gasteiger partial charge is 0.153 e. The van der Waals surface area contributed by atoms with Gasteiger partial charge in [-0.25, -0.2) is 0 Å². The van der Waals surface area contributed by atoms with Crippen LogP contribution in [0.5, 0.6) is 0 Å². The molecule has 2 heterocycles. The number of aromatic nitrogens is 2. The lowest BCUT2D eigenvalue weighted by atomic mass is 10.2. The molecule has 0 bridgehead atoms. The number of aryl methyl sites for hydroxylation is 1. The van der Waals surface area contributed by atoms with Gasteiger partial charge in [-0.15, -0.1) is 0 Å². The van der Waals surface area contributed by atoms with E-state index in [0.717, 1.165) is 51.2 Å². The van der Waals surface area contributed by atoms with Crippen LogP contribution in [0.25, 0.3) is 0 Å². The number of carbonyl (C=O) groups excluding carboxylic acids is 1. The maximum atomic E-state index is 10.8. The van der Waals surface area contributed by atoms with Crippen molar-refractivity contribution < 1.29 is 9.53 Å². The van der Waals surface area contributed by atoms with E-state index < -0.39 is 0 Å². The fourth-order valence-corrected chi connectivity index (χ4v) is 1.93. The van der Waals surface area contributed by atoms with Gasteiger partial charge < -0.3 is 4.74 Å². The minimum Gasteiger partial charge on any atom is -0.379 e. The molecule has 1 saturated heterocycles. The zero-order valence-electron chi connectivity index (χ0n) is 9.56. The SMILES string of the molecule is Cn1cc(C=O)c(CCN2CCOCC2)n1. The van der Waals surface area contributed by atoms with Crippen LogP contribution < -0.4 is 0 Å². The molecule has 0 N–H and O–H groups in total. The summed E-state index contributed by atoms with van der Waals surface area (Å²) in [7, 11) is 1.84. The molecule has 1 aliphatic rings. The zero-order chi connectivity index (χ0) is 11.4. The Balaban J connectivity index is 1.90. The Bertz CT molecular complexity index is 356. The molecular formula is C11H17N3O2. The number of rotatable bonds is 4. The number of nitrogens with zero attached hydrogens (tertiary/aromatic N) is 3. The number of hydrogen-bond acceptors (Lipinski definition) is 4. The summed E-state index contributed by atoms with van der Waals surface area (Å²) in [5, 5.41) is 4.29. The predicted octanol–water partition coefficient (Wildman–Crippen LogP) is 0.107. The molecule has 1 fully saturated rings. The van der Waals surface area contributed by atoms with E-state index >= 15 is 0 Å². The van der Waals surface area contributed by atoms with Crippen molar-refractivity contribution >= 4 is 6.29 Å². The molecule has 88 valence electrons. The molecule has 0 unspecified atom stereocenters. The maximum absolute atomic E-state index is 10.8. The normalized spacial score (nSPS) is 17.6. The molecule has 0 amide bonds. The van der Waals surface area contributed by atoms with Gasteiger partial charge in [-0.1, -0.05) is 0 Å². The maximum Gasteiger partial charge on any atom is 0.153 e. The van der Waals surface area contributed by atoms with Crippen molar-refractivity contribution in [2.24, 2.45) is 7.05 Å². The molecular weight excluding hydrogens is 206 g/mol. The summed E-state index contributed by atoms with van der Waals surface area (Å²) in [6.45, 7) is 4.51. The van der Waals surface area contributed by atoms with Gasteiger partial charge >= 0.3 is 0 Å². The Morgan fingerprint density at radius 1 is 1.50 bits per heavy atom. The van der Waals surface area contributed by atoms with Crippen molar-refractivity contribution in [2.75, 3.05) is 32.8 Å². The number of aldehydes is 1. The van der Waals surface area contributed by atoms with Gasteiger partial charge in [-0.3, -0.25) is 14.4 Å². The number of carbonyl (C=O) groups is 1. The average Bonchev–Trinajstić information content (AvgIpc) is 2.68. The second kappa shape index (κ2) is 5.23. The first-order chi connectivity index (χ1) is 7.79. The van der Waals surface area contributed by atoms with Gasteiger partial charge in [-0.05, 0) is 0 Å². The van der Waals surface area contributed by atoms with Gasteiger partial charge in [0.2, 0.25) is 0 Å². The highest BCUT2D eigenvalue weighted by Gasteiger charge is 2.12. The van der Waals surface area contributed by atoms with Crippen LogP contribution in [0.2, 0.25) is 0 Å². The van der Waals surface area contributed by atoms with Gasteiger partial charge in [0.25, 0.3) is 0 Å². The monoisotopic (exact) mass is 223 g/mol. The molecule has 1 aliphatic heterocycles. The van der Waals surface area contributed by atoms with E-state index in [4.69, 9.17) is 4.74 Å². The first-order valence-electron chi connectivity index (χ1n) is 5.57. The number of hydrogen-bond donors (Lipinski definition) is 0. The largest absolute Gasteiger partial charge is 0.379 e. The van der Waals surface area contributed by atoms with Crippen molar-refractivity contribution in [2.45, 2.75) is 6.42 Å². The third kappa shape index (κ3) is 2.68. The lowest BCUT2D eigenvalue weighted by Crippen LogP contribution is -2.37. The Kier molecular flexibility index (Phi) is 3.69. The lowest BCUT2D eigenvalue weighted by molar-refractivity contribution is 0.0383. The second-order valence-electron chi connectivity index (χ2n) is 4.03. The van der Waals surface area contributed by atoms with E-state index in [1.54, 1.807) is 10.9 Å². The minimum absolute atomic E-state index is 0.704. The molecule has 0 saturated carbocycles. The zero-order valence-corrected chi connectivity index (χ0v) is 9.56. The lowest BCUT2D eigenvalue weighted by Gasteiger charge is -2.26. The van der Waals surface area contributed by atoms with Crippen molar-refractivity contribution in [1.82, 2.24) is 14.7 Å². The standard InChI is InChI=1S/C11H17N3O2/c1-13-8-10(9-15)11(12-13)2-3-14-4-6-16-7-5-14/h8-9H,2-7H2,1H3.